The highest BCUT2D eigenvalue weighted by atomic mass is 16.3. The third-order valence-corrected chi connectivity index (χ3v) is 2.92. The molecular weight excluding hydrogens is 254 g/mol. The Hall–Kier alpha value is -2.14. The monoisotopic (exact) mass is 273 g/mol. The zero-order valence-electron chi connectivity index (χ0n) is 11.8. The highest BCUT2D eigenvalue weighted by Crippen LogP contribution is 2.18. The van der Waals surface area contributed by atoms with Crippen molar-refractivity contribution >= 4 is 5.91 Å². The van der Waals surface area contributed by atoms with Crippen LogP contribution in [0.1, 0.15) is 17.7 Å². The number of oxazole rings is 1. The minimum absolute atomic E-state index is 0.000707. The van der Waals surface area contributed by atoms with E-state index >= 15 is 0 Å². The van der Waals surface area contributed by atoms with Crippen LogP contribution in [-0.2, 0) is 11.3 Å². The lowest BCUT2D eigenvalue weighted by Crippen LogP contribution is -2.26. The van der Waals surface area contributed by atoms with Crippen LogP contribution < -0.4 is 10.6 Å². The van der Waals surface area contributed by atoms with E-state index in [1.54, 1.807) is 6.26 Å². The number of nitrogens with zero attached hydrogens (tertiary/aromatic N) is 1. The number of aryl methyl sites for hydroxylation is 1. The maximum atomic E-state index is 11.5. The van der Waals surface area contributed by atoms with E-state index in [-0.39, 0.29) is 5.91 Å². The largest absolute Gasteiger partial charge is 0.444 e. The summed E-state index contributed by atoms with van der Waals surface area (Å²) < 4.78 is 5.43. The maximum Gasteiger partial charge on any atom is 0.226 e. The van der Waals surface area contributed by atoms with E-state index in [2.05, 4.69) is 15.6 Å². The summed E-state index contributed by atoms with van der Waals surface area (Å²) in [6.45, 7) is 3.09. The van der Waals surface area contributed by atoms with Crippen molar-refractivity contribution in [1.82, 2.24) is 15.6 Å². The predicted molar refractivity (Wildman–Crippen MR) is 77.1 cm³/mol. The summed E-state index contributed by atoms with van der Waals surface area (Å²) in [5.74, 6) is 0.573. The van der Waals surface area contributed by atoms with Crippen molar-refractivity contribution in [3.05, 3.63) is 41.8 Å². The third kappa shape index (κ3) is 3.93. The van der Waals surface area contributed by atoms with Gasteiger partial charge in [-0.15, -0.1) is 0 Å². The van der Waals surface area contributed by atoms with Gasteiger partial charge in [0.25, 0.3) is 0 Å². The Morgan fingerprint density at radius 3 is 2.75 bits per heavy atom. The molecule has 2 N–H and O–H groups in total. The summed E-state index contributed by atoms with van der Waals surface area (Å²) in [6.07, 6.45) is 2.03. The van der Waals surface area contributed by atoms with Crippen molar-refractivity contribution in [3.8, 4) is 11.5 Å². The highest BCUT2D eigenvalue weighted by molar-refractivity contribution is 5.76. The molecule has 106 valence electrons. The number of rotatable bonds is 6. The van der Waals surface area contributed by atoms with Crippen LogP contribution in [0, 0.1) is 6.92 Å². The Morgan fingerprint density at radius 1 is 1.30 bits per heavy atom. The molecule has 0 fully saturated rings. The lowest BCUT2D eigenvalue weighted by atomic mass is 10.1. The fourth-order valence-corrected chi connectivity index (χ4v) is 1.73. The second-order valence-corrected chi connectivity index (χ2v) is 4.64. The molecule has 0 bridgehead atoms. The standard InChI is InChI=1S/C15H19N3O2/c1-11-3-5-12(6-4-11)15-18-13(10-20-15)9-17-14(19)7-8-16-2/h3-6,10,16H,7-9H2,1-2H3,(H,17,19). The van der Waals surface area contributed by atoms with E-state index in [0.29, 0.717) is 25.4 Å². The normalized spacial score (nSPS) is 10.5. The summed E-state index contributed by atoms with van der Waals surface area (Å²) in [6, 6.07) is 7.96. The van der Waals surface area contributed by atoms with E-state index < -0.39 is 0 Å². The van der Waals surface area contributed by atoms with E-state index in [4.69, 9.17) is 4.42 Å². The first-order chi connectivity index (χ1) is 9.69. The number of benzene rings is 1. The topological polar surface area (TPSA) is 67.2 Å². The van der Waals surface area contributed by atoms with Gasteiger partial charge in [0.1, 0.15) is 6.26 Å². The van der Waals surface area contributed by atoms with E-state index in [0.717, 1.165) is 11.3 Å². The van der Waals surface area contributed by atoms with E-state index in [9.17, 15) is 4.79 Å². The van der Waals surface area contributed by atoms with Gasteiger partial charge in [-0.05, 0) is 26.1 Å². The zero-order chi connectivity index (χ0) is 14.4. The molecule has 1 aromatic heterocycles. The Morgan fingerprint density at radius 2 is 2.05 bits per heavy atom. The van der Waals surface area contributed by atoms with E-state index in [1.165, 1.54) is 5.56 Å². The van der Waals surface area contributed by atoms with Crippen molar-refractivity contribution in [1.29, 1.82) is 0 Å². The van der Waals surface area contributed by atoms with Gasteiger partial charge in [-0.25, -0.2) is 4.98 Å². The van der Waals surface area contributed by atoms with Gasteiger partial charge in [-0.1, -0.05) is 17.7 Å². The number of aromatic nitrogens is 1. The second kappa shape index (κ2) is 6.86. The van der Waals surface area contributed by atoms with Gasteiger partial charge in [0.15, 0.2) is 0 Å². The van der Waals surface area contributed by atoms with Crippen LogP contribution in [-0.4, -0.2) is 24.5 Å². The second-order valence-electron chi connectivity index (χ2n) is 4.64. The number of hydrogen-bond donors (Lipinski definition) is 2. The molecule has 1 heterocycles. The number of amides is 1. The van der Waals surface area contributed by atoms with Crippen LogP contribution in [0.25, 0.3) is 11.5 Å². The molecule has 5 heteroatoms. The molecule has 0 saturated heterocycles. The summed E-state index contributed by atoms with van der Waals surface area (Å²) in [5, 5.41) is 5.74. The minimum atomic E-state index is -0.000707. The molecule has 2 rings (SSSR count). The van der Waals surface area contributed by atoms with Gasteiger partial charge in [0.2, 0.25) is 11.8 Å². The summed E-state index contributed by atoms with van der Waals surface area (Å²) in [4.78, 5) is 15.8. The number of nitrogens with one attached hydrogen (secondary N) is 2. The summed E-state index contributed by atoms with van der Waals surface area (Å²) >= 11 is 0. The van der Waals surface area contributed by atoms with Gasteiger partial charge >= 0.3 is 0 Å². The molecule has 1 aromatic carbocycles. The summed E-state index contributed by atoms with van der Waals surface area (Å²) in [5.41, 5.74) is 2.85. The summed E-state index contributed by atoms with van der Waals surface area (Å²) in [7, 11) is 1.82. The first-order valence-corrected chi connectivity index (χ1v) is 6.62. The maximum absolute atomic E-state index is 11.5. The van der Waals surface area contributed by atoms with Crippen LogP contribution in [0.5, 0.6) is 0 Å². The van der Waals surface area contributed by atoms with Crippen LogP contribution in [0.15, 0.2) is 34.9 Å². The average molecular weight is 273 g/mol. The molecule has 0 aliphatic heterocycles. The zero-order valence-corrected chi connectivity index (χ0v) is 11.8. The lowest BCUT2D eigenvalue weighted by molar-refractivity contribution is -0.121. The molecule has 0 unspecified atom stereocenters. The Labute approximate surface area is 118 Å². The van der Waals surface area contributed by atoms with Crippen molar-refractivity contribution in [2.24, 2.45) is 0 Å². The number of carbonyl (C=O) groups excluding carboxylic acids is 1. The number of carbonyl (C=O) groups is 1. The van der Waals surface area contributed by atoms with Crippen molar-refractivity contribution in [3.63, 3.8) is 0 Å². The van der Waals surface area contributed by atoms with Crippen LogP contribution >= 0.6 is 0 Å². The van der Waals surface area contributed by atoms with Crippen molar-refractivity contribution in [2.45, 2.75) is 19.9 Å². The molecule has 0 saturated carbocycles. The molecule has 20 heavy (non-hydrogen) atoms. The van der Waals surface area contributed by atoms with Gasteiger partial charge in [-0.3, -0.25) is 4.79 Å². The quantitative estimate of drug-likeness (QED) is 0.843. The highest BCUT2D eigenvalue weighted by Gasteiger charge is 2.07. The number of hydrogen-bond acceptors (Lipinski definition) is 4. The van der Waals surface area contributed by atoms with Gasteiger partial charge in [-0.2, -0.15) is 0 Å². The van der Waals surface area contributed by atoms with Crippen LogP contribution in [0.3, 0.4) is 0 Å². The Balaban J connectivity index is 1.92. The first kappa shape index (κ1) is 14.3. The first-order valence-electron chi connectivity index (χ1n) is 6.62. The van der Waals surface area contributed by atoms with E-state index in [1.807, 2.05) is 38.2 Å². The SMILES string of the molecule is CNCCC(=O)NCc1coc(-c2ccc(C)cc2)n1. The minimum Gasteiger partial charge on any atom is -0.444 e. The molecule has 2 aromatic rings. The lowest BCUT2D eigenvalue weighted by Gasteiger charge is -2.01. The van der Waals surface area contributed by atoms with Crippen molar-refractivity contribution in [2.75, 3.05) is 13.6 Å². The fraction of sp³-hybridized carbons (Fsp3) is 0.333. The van der Waals surface area contributed by atoms with Gasteiger partial charge in [0, 0.05) is 18.5 Å². The van der Waals surface area contributed by atoms with Gasteiger partial charge < -0.3 is 15.1 Å². The van der Waals surface area contributed by atoms with Gasteiger partial charge in [0.05, 0.1) is 12.2 Å². The van der Waals surface area contributed by atoms with Crippen LogP contribution in [0.2, 0.25) is 0 Å². The Kier molecular flexibility index (Phi) is 4.90. The smallest absolute Gasteiger partial charge is 0.226 e. The van der Waals surface area contributed by atoms with Crippen molar-refractivity contribution < 1.29 is 9.21 Å². The molecule has 0 radical (unpaired) electrons. The third-order valence-electron chi connectivity index (χ3n) is 2.92. The average Bonchev–Trinajstić information content (AvgIpc) is 2.92. The molecule has 0 aliphatic carbocycles. The Bertz CT molecular complexity index is 561. The molecule has 1 amide bonds. The predicted octanol–water partition coefficient (Wildman–Crippen LogP) is 1.88. The fourth-order valence-electron chi connectivity index (χ4n) is 1.73. The molecule has 0 aliphatic rings. The molecule has 5 nitrogen and oxygen atoms in total. The molecule has 0 atom stereocenters. The molecule has 0 spiro atoms. The van der Waals surface area contributed by atoms with Crippen LogP contribution in [0.4, 0.5) is 0 Å². The molecular formula is C15H19N3O2.